The number of ether oxygens (including phenoxy) is 2. The number of aliphatic hydroxyl groups is 1. The van der Waals surface area contributed by atoms with Crippen LogP contribution in [0.15, 0.2) is 42.6 Å². The van der Waals surface area contributed by atoms with Gasteiger partial charge in [0.1, 0.15) is 36.0 Å². The number of pyridine rings is 1. The molecule has 2 aromatic carbocycles. The van der Waals surface area contributed by atoms with Crippen LogP contribution in [0.5, 0.6) is 17.2 Å². The lowest BCUT2D eigenvalue weighted by molar-refractivity contribution is 0.0716. The highest BCUT2D eigenvalue weighted by Crippen LogP contribution is 2.39. The zero-order valence-electron chi connectivity index (χ0n) is 20.9. The fraction of sp³-hybridized carbons (Fsp3) is 0.370. The Morgan fingerprint density at radius 1 is 1.24 bits per heavy atom. The first-order chi connectivity index (χ1) is 17.8. The Morgan fingerprint density at radius 2 is 2.00 bits per heavy atom. The topological polar surface area (TPSA) is 125 Å². The number of carbonyl (C=O) groups is 1. The monoisotopic (exact) mass is 523 g/mol. The van der Waals surface area contributed by atoms with Crippen LogP contribution in [0.2, 0.25) is 5.02 Å². The molecule has 0 aliphatic heterocycles. The lowest BCUT2D eigenvalue weighted by Crippen LogP contribution is -2.37. The number of hydrogen-bond donors (Lipinski definition) is 2. The van der Waals surface area contributed by atoms with Crippen LogP contribution in [0.1, 0.15) is 32.3 Å². The normalized spacial score (nSPS) is 13.8. The van der Waals surface area contributed by atoms with Gasteiger partial charge in [-0.25, -0.2) is 4.79 Å². The highest BCUT2D eigenvalue weighted by molar-refractivity contribution is 6.34. The predicted octanol–water partition coefficient (Wildman–Crippen LogP) is 4.68. The van der Waals surface area contributed by atoms with E-state index in [2.05, 4.69) is 16.0 Å². The van der Waals surface area contributed by atoms with Crippen LogP contribution in [0.4, 0.5) is 10.5 Å². The maximum absolute atomic E-state index is 11.9. The molecule has 2 amide bonds. The van der Waals surface area contributed by atoms with Crippen LogP contribution in [0.3, 0.4) is 0 Å². The number of fused-ring (bicyclic) bond motifs is 1. The van der Waals surface area contributed by atoms with E-state index >= 15 is 0 Å². The second kappa shape index (κ2) is 11.6. The molecule has 1 fully saturated rings. The highest BCUT2D eigenvalue weighted by atomic mass is 35.5. The molecule has 37 heavy (non-hydrogen) atoms. The first-order valence-electron chi connectivity index (χ1n) is 12.3. The summed E-state index contributed by atoms with van der Waals surface area (Å²) in [6, 6.07) is 11.7. The zero-order chi connectivity index (χ0) is 26.5. The fourth-order valence-electron chi connectivity index (χ4n) is 4.16. The van der Waals surface area contributed by atoms with Gasteiger partial charge in [0.15, 0.2) is 0 Å². The predicted molar refractivity (Wildman–Crippen MR) is 142 cm³/mol. The molecule has 1 heterocycles. The summed E-state index contributed by atoms with van der Waals surface area (Å²) in [6.45, 7) is 6.27. The smallest absolute Gasteiger partial charge is 0.319 e. The third-order valence-corrected chi connectivity index (χ3v) is 6.58. The minimum Gasteiger partial charge on any atom is -0.489 e. The Labute approximate surface area is 221 Å². The minimum absolute atomic E-state index is 0.0565. The molecule has 1 saturated carbocycles. The number of amides is 2. The van der Waals surface area contributed by atoms with Crippen molar-refractivity contribution >= 4 is 34.2 Å². The van der Waals surface area contributed by atoms with Crippen LogP contribution >= 0.6 is 11.6 Å². The lowest BCUT2D eigenvalue weighted by Gasteiger charge is -2.22. The molecule has 9 nitrogen and oxygen atoms in total. The van der Waals surface area contributed by atoms with Gasteiger partial charge in [0.25, 0.3) is 0 Å². The quantitative estimate of drug-likeness (QED) is 0.373. The van der Waals surface area contributed by atoms with Crippen molar-refractivity contribution in [3.8, 4) is 23.3 Å². The molecule has 3 aromatic rings. The lowest BCUT2D eigenvalue weighted by atomic mass is 10.1. The zero-order valence-corrected chi connectivity index (χ0v) is 21.6. The largest absolute Gasteiger partial charge is 0.489 e. The maximum atomic E-state index is 11.9. The number of nitriles is 1. The van der Waals surface area contributed by atoms with Crippen molar-refractivity contribution in [2.75, 3.05) is 31.1 Å². The van der Waals surface area contributed by atoms with Crippen LogP contribution in [0.25, 0.3) is 10.9 Å². The second-order valence-electron chi connectivity index (χ2n) is 8.89. The third kappa shape index (κ3) is 6.23. The van der Waals surface area contributed by atoms with Gasteiger partial charge in [-0.1, -0.05) is 25.4 Å². The van der Waals surface area contributed by atoms with E-state index in [1.807, 2.05) is 13.8 Å². The summed E-state index contributed by atoms with van der Waals surface area (Å²) < 4.78 is 11.9. The van der Waals surface area contributed by atoms with Gasteiger partial charge < -0.3 is 25.2 Å². The molecule has 10 heteroatoms. The van der Waals surface area contributed by atoms with Gasteiger partial charge in [-0.15, -0.1) is 0 Å². The summed E-state index contributed by atoms with van der Waals surface area (Å²) in [5.74, 6) is 1.28. The molecule has 4 rings (SSSR count). The number of aliphatic hydroxyl groups excluding tert-OH is 1. The van der Waals surface area contributed by atoms with Crippen molar-refractivity contribution in [3.63, 3.8) is 0 Å². The Bertz CT molecular complexity index is 1320. The first-order valence-corrected chi connectivity index (χ1v) is 12.6. The Balaban J connectivity index is 1.55. The summed E-state index contributed by atoms with van der Waals surface area (Å²) in [6.07, 6.45) is 2.69. The molecule has 0 radical (unpaired) electrons. The number of carbonyl (C=O) groups excluding carboxylic acids is 1. The molecule has 1 aromatic heterocycles. The molecule has 0 saturated heterocycles. The van der Waals surface area contributed by atoms with Gasteiger partial charge in [-0.05, 0) is 50.2 Å². The number of rotatable bonds is 11. The van der Waals surface area contributed by atoms with Crippen LogP contribution in [0, 0.1) is 11.3 Å². The van der Waals surface area contributed by atoms with Crippen LogP contribution in [-0.4, -0.2) is 59.4 Å². The number of halogens is 1. The number of primary amides is 1. The maximum Gasteiger partial charge on any atom is 0.319 e. The van der Waals surface area contributed by atoms with Gasteiger partial charge in [-0.2, -0.15) is 5.26 Å². The van der Waals surface area contributed by atoms with E-state index in [1.54, 1.807) is 42.6 Å². The Morgan fingerprint density at radius 3 is 2.62 bits per heavy atom. The number of nitrogens with two attached hydrogens (primary N) is 1. The summed E-state index contributed by atoms with van der Waals surface area (Å²) in [7, 11) is 0. The second-order valence-corrected chi connectivity index (χ2v) is 9.30. The van der Waals surface area contributed by atoms with Crippen molar-refractivity contribution in [2.24, 2.45) is 5.73 Å². The van der Waals surface area contributed by atoms with E-state index in [-0.39, 0.29) is 12.6 Å². The molecular formula is C27H30ClN5O4. The molecule has 194 valence electrons. The van der Waals surface area contributed by atoms with Crippen LogP contribution in [-0.2, 0) is 0 Å². The van der Waals surface area contributed by atoms with E-state index in [4.69, 9.17) is 26.8 Å². The molecule has 1 atom stereocenters. The van der Waals surface area contributed by atoms with Gasteiger partial charge in [0.05, 0.1) is 21.8 Å². The third-order valence-electron chi connectivity index (χ3n) is 6.27. The molecular weight excluding hydrogens is 494 g/mol. The van der Waals surface area contributed by atoms with Gasteiger partial charge in [0, 0.05) is 36.3 Å². The Hall–Kier alpha value is -3.58. The number of benzene rings is 2. The van der Waals surface area contributed by atoms with Crippen molar-refractivity contribution in [2.45, 2.75) is 38.8 Å². The molecule has 0 bridgehead atoms. The first kappa shape index (κ1) is 26.5. The van der Waals surface area contributed by atoms with E-state index in [0.29, 0.717) is 51.0 Å². The number of nitrogens with zero attached hydrogens (tertiary/aromatic N) is 4. The summed E-state index contributed by atoms with van der Waals surface area (Å²) >= 11 is 6.48. The van der Waals surface area contributed by atoms with E-state index in [0.717, 1.165) is 25.9 Å². The van der Waals surface area contributed by atoms with Crippen molar-refractivity contribution in [1.29, 1.82) is 5.26 Å². The fourth-order valence-corrected chi connectivity index (χ4v) is 4.43. The van der Waals surface area contributed by atoms with Gasteiger partial charge in [-0.3, -0.25) is 9.88 Å². The number of likely N-dealkylation sites (N-methyl/N-ethyl adjacent to an activating group) is 1. The standard InChI is InChI=1S/C27H30ClN5O4/c1-3-32(4-2)15-19(34)16-36-26-13-23-21(11-17(26)14-29)25(9-10-31-23)37-20-7-8-24(22(28)12-20)33(27(30)35)18-5-6-18/h7-13,18-19,34H,3-6,15-16H2,1-2H3,(H2,30,35)/t19-/m1/s1. The molecule has 1 aliphatic rings. The van der Waals surface area contributed by atoms with E-state index < -0.39 is 12.1 Å². The molecule has 1 aliphatic carbocycles. The highest BCUT2D eigenvalue weighted by Gasteiger charge is 2.33. The average molecular weight is 524 g/mol. The van der Waals surface area contributed by atoms with Gasteiger partial charge >= 0.3 is 6.03 Å². The number of urea groups is 1. The average Bonchev–Trinajstić information content (AvgIpc) is 3.72. The number of aromatic nitrogens is 1. The molecule has 3 N–H and O–H groups in total. The number of hydrogen-bond acceptors (Lipinski definition) is 7. The summed E-state index contributed by atoms with van der Waals surface area (Å²) in [4.78, 5) is 19.9. The summed E-state index contributed by atoms with van der Waals surface area (Å²) in [5, 5.41) is 21.0. The molecule has 0 unspecified atom stereocenters. The Kier molecular flexibility index (Phi) is 8.34. The molecule has 0 spiro atoms. The van der Waals surface area contributed by atoms with Crippen molar-refractivity contribution in [1.82, 2.24) is 9.88 Å². The van der Waals surface area contributed by atoms with Crippen molar-refractivity contribution < 1.29 is 19.4 Å². The van der Waals surface area contributed by atoms with Gasteiger partial charge in [0.2, 0.25) is 0 Å². The van der Waals surface area contributed by atoms with Crippen molar-refractivity contribution in [3.05, 3.63) is 53.2 Å². The van der Waals surface area contributed by atoms with E-state index in [1.165, 1.54) is 4.90 Å². The SMILES string of the molecule is CCN(CC)C[C@@H](O)COc1cc2nccc(Oc3ccc(N(C(N)=O)C4CC4)c(Cl)c3)c2cc1C#N. The van der Waals surface area contributed by atoms with Crippen LogP contribution < -0.4 is 20.1 Å². The van der Waals surface area contributed by atoms with E-state index in [9.17, 15) is 15.2 Å². The number of anilines is 1. The summed E-state index contributed by atoms with van der Waals surface area (Å²) in [5.41, 5.74) is 6.96. The minimum atomic E-state index is -0.692.